The van der Waals surface area contributed by atoms with Gasteiger partial charge in [0.25, 0.3) is 0 Å². The lowest BCUT2D eigenvalue weighted by Gasteiger charge is -2.11. The number of thioether (sulfide) groups is 1. The molecule has 0 unspecified atom stereocenters. The number of alkyl halides is 3. The molecule has 0 heterocycles. The maximum atomic E-state index is 12.7. The summed E-state index contributed by atoms with van der Waals surface area (Å²) in [4.78, 5) is 12.5. The second-order valence-electron chi connectivity index (χ2n) is 7.47. The van der Waals surface area contributed by atoms with Gasteiger partial charge in [-0.2, -0.15) is 13.2 Å². The molecule has 0 atom stereocenters. The summed E-state index contributed by atoms with van der Waals surface area (Å²) in [5, 5.41) is 9.38. The number of rotatable bonds is 6. The van der Waals surface area contributed by atoms with E-state index in [2.05, 4.69) is 0 Å². The predicted molar refractivity (Wildman–Crippen MR) is 111 cm³/mol. The molecule has 0 aliphatic heterocycles. The quantitative estimate of drug-likeness (QED) is 0.440. The van der Waals surface area contributed by atoms with E-state index in [9.17, 15) is 23.1 Å². The number of hydrogen-bond donors (Lipinski definition) is 1. The fourth-order valence-electron chi connectivity index (χ4n) is 3.43. The summed E-state index contributed by atoms with van der Waals surface area (Å²) in [5.41, 5.74) is 2.23. The van der Waals surface area contributed by atoms with Crippen molar-refractivity contribution in [3.8, 4) is 11.1 Å². The zero-order valence-electron chi connectivity index (χ0n) is 15.9. The average molecular weight is 428 g/mol. The van der Waals surface area contributed by atoms with Crippen molar-refractivity contribution >= 4 is 17.7 Å². The molecule has 0 amide bonds. The van der Waals surface area contributed by atoms with E-state index in [0.717, 1.165) is 45.0 Å². The van der Waals surface area contributed by atoms with Crippen molar-refractivity contribution in [1.29, 1.82) is 0 Å². The molecule has 4 rings (SSSR count). The van der Waals surface area contributed by atoms with Crippen molar-refractivity contribution in [3.05, 3.63) is 89.5 Å². The van der Waals surface area contributed by atoms with Crippen LogP contribution < -0.4 is 0 Å². The van der Waals surface area contributed by atoms with Crippen molar-refractivity contribution in [2.75, 3.05) is 0 Å². The van der Waals surface area contributed by atoms with Gasteiger partial charge in [-0.15, -0.1) is 11.8 Å². The molecule has 3 aromatic carbocycles. The minimum absolute atomic E-state index is 0.652. The van der Waals surface area contributed by atoms with E-state index < -0.39 is 23.1 Å². The van der Waals surface area contributed by atoms with Crippen LogP contribution in [0.2, 0.25) is 0 Å². The fraction of sp³-hybridized carbons (Fsp3) is 0.208. The highest BCUT2D eigenvalue weighted by Gasteiger charge is 2.51. The van der Waals surface area contributed by atoms with Gasteiger partial charge >= 0.3 is 12.1 Å². The molecule has 0 saturated heterocycles. The third kappa shape index (κ3) is 4.24. The standard InChI is InChI=1S/C24H19F3O2S/c25-24(26,27)20-7-5-18(6-8-20)17-3-1-16(2-4-17)15-30-21-11-9-19(10-12-21)23(13-14-23)22(28)29/h1-12H,13-15H2,(H,28,29). The third-order valence-corrected chi connectivity index (χ3v) is 6.55. The average Bonchev–Trinajstić information content (AvgIpc) is 3.55. The van der Waals surface area contributed by atoms with E-state index in [1.54, 1.807) is 11.8 Å². The van der Waals surface area contributed by atoms with Gasteiger partial charge in [0.2, 0.25) is 0 Å². The van der Waals surface area contributed by atoms with Crippen LogP contribution in [-0.2, 0) is 22.1 Å². The Kier molecular flexibility index (Phi) is 5.36. The fourth-order valence-corrected chi connectivity index (χ4v) is 4.29. The highest BCUT2D eigenvalue weighted by atomic mass is 32.2. The zero-order chi connectivity index (χ0) is 21.4. The Bertz CT molecular complexity index is 1040. The lowest BCUT2D eigenvalue weighted by Crippen LogP contribution is -2.19. The molecule has 0 spiro atoms. The van der Waals surface area contributed by atoms with Crippen molar-refractivity contribution in [2.45, 2.75) is 35.1 Å². The van der Waals surface area contributed by atoms with Crippen LogP contribution in [-0.4, -0.2) is 11.1 Å². The lowest BCUT2D eigenvalue weighted by molar-refractivity contribution is -0.140. The highest BCUT2D eigenvalue weighted by Crippen LogP contribution is 2.48. The number of aliphatic carboxylic acids is 1. The Morgan fingerprint density at radius 2 is 1.40 bits per heavy atom. The minimum atomic E-state index is -4.33. The van der Waals surface area contributed by atoms with Crippen LogP contribution in [0.15, 0.2) is 77.7 Å². The summed E-state index contributed by atoms with van der Waals surface area (Å²) in [6.45, 7) is 0. The number of benzene rings is 3. The molecule has 0 radical (unpaired) electrons. The van der Waals surface area contributed by atoms with Gasteiger partial charge in [-0.05, 0) is 59.4 Å². The Morgan fingerprint density at radius 3 is 1.87 bits per heavy atom. The largest absolute Gasteiger partial charge is 0.481 e. The van der Waals surface area contributed by atoms with Crippen LogP contribution in [0, 0.1) is 0 Å². The SMILES string of the molecule is O=C(O)C1(c2ccc(SCc3ccc(-c4ccc(C(F)(F)F)cc4)cc3)cc2)CC1. The van der Waals surface area contributed by atoms with Gasteiger partial charge in [-0.25, -0.2) is 0 Å². The van der Waals surface area contributed by atoms with Crippen molar-refractivity contribution in [3.63, 3.8) is 0 Å². The Labute approximate surface area is 176 Å². The summed E-state index contributed by atoms with van der Waals surface area (Å²) in [5.74, 6) is -0.00693. The first-order valence-corrected chi connectivity index (χ1v) is 10.5. The Hall–Kier alpha value is -2.73. The maximum Gasteiger partial charge on any atom is 0.416 e. The van der Waals surface area contributed by atoms with Gasteiger partial charge in [-0.3, -0.25) is 4.79 Å². The molecular weight excluding hydrogens is 409 g/mol. The van der Waals surface area contributed by atoms with E-state index in [-0.39, 0.29) is 0 Å². The summed E-state index contributed by atoms with van der Waals surface area (Å²) < 4.78 is 38.1. The summed E-state index contributed by atoms with van der Waals surface area (Å²) in [7, 11) is 0. The number of halogens is 3. The number of carboxylic acid groups (broad SMARTS) is 1. The van der Waals surface area contributed by atoms with Crippen LogP contribution >= 0.6 is 11.8 Å². The molecule has 6 heteroatoms. The molecule has 1 N–H and O–H groups in total. The molecule has 0 aromatic heterocycles. The van der Waals surface area contributed by atoms with E-state index in [1.165, 1.54) is 12.1 Å². The van der Waals surface area contributed by atoms with Crippen molar-refractivity contribution in [1.82, 2.24) is 0 Å². The highest BCUT2D eigenvalue weighted by molar-refractivity contribution is 7.98. The van der Waals surface area contributed by atoms with E-state index in [4.69, 9.17) is 0 Å². The first-order valence-electron chi connectivity index (χ1n) is 9.51. The van der Waals surface area contributed by atoms with Gasteiger partial charge in [0.15, 0.2) is 0 Å². The van der Waals surface area contributed by atoms with Gasteiger partial charge in [0.1, 0.15) is 0 Å². The lowest BCUT2D eigenvalue weighted by atomic mass is 9.96. The Morgan fingerprint density at radius 1 is 0.867 bits per heavy atom. The van der Waals surface area contributed by atoms with E-state index in [1.807, 2.05) is 48.5 Å². The first-order chi connectivity index (χ1) is 14.3. The maximum absolute atomic E-state index is 12.7. The molecule has 1 fully saturated rings. The molecule has 154 valence electrons. The molecular formula is C24H19F3O2S. The van der Waals surface area contributed by atoms with Gasteiger partial charge in [-0.1, -0.05) is 48.5 Å². The van der Waals surface area contributed by atoms with Crippen LogP contribution in [0.3, 0.4) is 0 Å². The number of carbonyl (C=O) groups is 1. The monoisotopic (exact) mass is 428 g/mol. The topological polar surface area (TPSA) is 37.3 Å². The minimum Gasteiger partial charge on any atom is -0.481 e. The second kappa shape index (κ2) is 7.84. The molecule has 1 aliphatic rings. The summed E-state index contributed by atoms with van der Waals surface area (Å²) in [6, 6.07) is 20.6. The van der Waals surface area contributed by atoms with E-state index >= 15 is 0 Å². The second-order valence-corrected chi connectivity index (χ2v) is 8.52. The van der Waals surface area contributed by atoms with Crippen LogP contribution in [0.1, 0.15) is 29.5 Å². The first kappa shape index (κ1) is 20.5. The van der Waals surface area contributed by atoms with Gasteiger partial charge in [0, 0.05) is 10.6 Å². The zero-order valence-corrected chi connectivity index (χ0v) is 16.8. The smallest absolute Gasteiger partial charge is 0.416 e. The molecule has 2 nitrogen and oxygen atoms in total. The van der Waals surface area contributed by atoms with Gasteiger partial charge < -0.3 is 5.11 Å². The van der Waals surface area contributed by atoms with Gasteiger partial charge in [0.05, 0.1) is 11.0 Å². The van der Waals surface area contributed by atoms with Crippen LogP contribution in [0.5, 0.6) is 0 Å². The number of carboxylic acids is 1. The predicted octanol–water partition coefficient (Wildman–Crippen LogP) is 6.78. The normalized spacial score (nSPS) is 15.0. The molecule has 1 saturated carbocycles. The summed E-state index contributed by atoms with van der Waals surface area (Å²) in [6.07, 6.45) is -2.94. The summed E-state index contributed by atoms with van der Waals surface area (Å²) >= 11 is 1.66. The van der Waals surface area contributed by atoms with Crippen molar-refractivity contribution in [2.24, 2.45) is 0 Å². The molecule has 1 aliphatic carbocycles. The number of hydrogen-bond acceptors (Lipinski definition) is 2. The molecule has 0 bridgehead atoms. The van der Waals surface area contributed by atoms with Crippen molar-refractivity contribution < 1.29 is 23.1 Å². The van der Waals surface area contributed by atoms with Crippen LogP contribution in [0.4, 0.5) is 13.2 Å². The van der Waals surface area contributed by atoms with Crippen LogP contribution in [0.25, 0.3) is 11.1 Å². The third-order valence-electron chi connectivity index (χ3n) is 5.47. The van der Waals surface area contributed by atoms with E-state index in [0.29, 0.717) is 12.8 Å². The molecule has 3 aromatic rings. The molecule has 30 heavy (non-hydrogen) atoms. The Balaban J connectivity index is 1.38.